The first kappa shape index (κ1) is 24.6. The lowest BCUT2D eigenvalue weighted by Crippen LogP contribution is -2.45. The van der Waals surface area contributed by atoms with E-state index in [1.54, 1.807) is 11.9 Å². The average Bonchev–Trinajstić information content (AvgIpc) is 3.25. The molecule has 0 aliphatic carbocycles. The smallest absolute Gasteiger partial charge is 0.254 e. The van der Waals surface area contributed by atoms with E-state index < -0.39 is 0 Å². The molecule has 0 saturated carbocycles. The van der Waals surface area contributed by atoms with E-state index in [1.165, 1.54) is 22.4 Å². The highest BCUT2D eigenvalue weighted by Crippen LogP contribution is 2.35. The molecule has 4 aromatic rings. The van der Waals surface area contributed by atoms with Gasteiger partial charge in [0.2, 0.25) is 0 Å². The third kappa shape index (κ3) is 5.95. The van der Waals surface area contributed by atoms with Crippen molar-refractivity contribution >= 4 is 17.9 Å². The number of likely N-dealkylation sites (tertiary alicyclic amines) is 1. The number of allylic oxidation sites excluding steroid dienone is 2. The molecule has 4 heteroatoms. The molecule has 1 amide bonds. The molecule has 1 fully saturated rings. The SMILES string of the molecule is C/C=C\C.Cc1cc(-c2ccccc2)cn1Sc1ccc(C(=O)N2CCC2c2ccccc2)cc1. The molecule has 0 N–H and O–H groups in total. The number of nitrogens with zero attached hydrogens (tertiary/aromatic N) is 2. The third-order valence-corrected chi connectivity index (χ3v) is 7.25. The van der Waals surface area contributed by atoms with Crippen LogP contribution in [0, 0.1) is 6.92 Å². The molecule has 2 heterocycles. The summed E-state index contributed by atoms with van der Waals surface area (Å²) in [6.07, 6.45) is 7.19. The minimum Gasteiger partial charge on any atom is -0.331 e. The van der Waals surface area contributed by atoms with Gasteiger partial charge in [0, 0.05) is 34.5 Å². The van der Waals surface area contributed by atoms with Crippen molar-refractivity contribution in [3.63, 3.8) is 0 Å². The quantitative estimate of drug-likeness (QED) is 0.269. The van der Waals surface area contributed by atoms with Gasteiger partial charge in [-0.1, -0.05) is 72.8 Å². The second-order valence-electron chi connectivity index (χ2n) is 8.56. The molecule has 1 unspecified atom stereocenters. The lowest BCUT2D eigenvalue weighted by Gasteiger charge is -2.41. The maximum Gasteiger partial charge on any atom is 0.254 e. The van der Waals surface area contributed by atoms with Gasteiger partial charge in [0.05, 0.1) is 6.04 Å². The van der Waals surface area contributed by atoms with Gasteiger partial charge in [-0.25, -0.2) is 0 Å². The number of hydrogen-bond donors (Lipinski definition) is 0. The molecule has 1 aromatic heterocycles. The second-order valence-corrected chi connectivity index (χ2v) is 9.61. The van der Waals surface area contributed by atoms with Crippen LogP contribution in [0.15, 0.2) is 114 Å². The minimum absolute atomic E-state index is 0.111. The summed E-state index contributed by atoms with van der Waals surface area (Å²) in [6, 6.07) is 31.1. The molecule has 1 atom stereocenters. The molecular formula is C31H32N2OS. The lowest BCUT2D eigenvalue weighted by atomic mass is 9.94. The Hall–Kier alpha value is -3.50. The van der Waals surface area contributed by atoms with Crippen LogP contribution in [0.3, 0.4) is 0 Å². The van der Waals surface area contributed by atoms with E-state index in [0.29, 0.717) is 0 Å². The molecule has 35 heavy (non-hydrogen) atoms. The number of carbonyl (C=O) groups is 1. The number of aromatic nitrogens is 1. The normalized spacial score (nSPS) is 14.8. The first-order chi connectivity index (χ1) is 17.1. The predicted octanol–water partition coefficient (Wildman–Crippen LogP) is 8.19. The van der Waals surface area contributed by atoms with Gasteiger partial charge < -0.3 is 4.90 Å². The highest BCUT2D eigenvalue weighted by atomic mass is 32.2. The topological polar surface area (TPSA) is 25.2 Å². The molecule has 1 aliphatic heterocycles. The second kappa shape index (κ2) is 11.8. The zero-order valence-corrected chi connectivity index (χ0v) is 21.4. The first-order valence-corrected chi connectivity index (χ1v) is 12.8. The van der Waals surface area contributed by atoms with Crippen molar-refractivity contribution in [3.05, 3.63) is 126 Å². The van der Waals surface area contributed by atoms with Crippen molar-refractivity contribution < 1.29 is 4.79 Å². The van der Waals surface area contributed by atoms with E-state index in [-0.39, 0.29) is 11.9 Å². The maximum atomic E-state index is 13.0. The van der Waals surface area contributed by atoms with E-state index in [1.807, 2.05) is 79.4 Å². The summed E-state index contributed by atoms with van der Waals surface area (Å²) in [4.78, 5) is 16.1. The van der Waals surface area contributed by atoms with Gasteiger partial charge in [-0.3, -0.25) is 8.77 Å². The zero-order valence-electron chi connectivity index (χ0n) is 20.6. The van der Waals surface area contributed by atoms with Crippen LogP contribution in [0.5, 0.6) is 0 Å². The molecule has 0 radical (unpaired) electrons. The van der Waals surface area contributed by atoms with Crippen molar-refractivity contribution in [2.75, 3.05) is 6.54 Å². The molecule has 0 spiro atoms. The molecule has 5 rings (SSSR count). The lowest BCUT2D eigenvalue weighted by molar-refractivity contribution is 0.0460. The van der Waals surface area contributed by atoms with E-state index in [9.17, 15) is 4.79 Å². The van der Waals surface area contributed by atoms with E-state index in [4.69, 9.17) is 0 Å². The van der Waals surface area contributed by atoms with Crippen LogP contribution >= 0.6 is 11.9 Å². The van der Waals surface area contributed by atoms with Crippen LogP contribution in [0.1, 0.15) is 47.9 Å². The summed E-state index contributed by atoms with van der Waals surface area (Å²) in [5.41, 5.74) is 5.58. The Morgan fingerprint density at radius 3 is 2.06 bits per heavy atom. The summed E-state index contributed by atoms with van der Waals surface area (Å²) in [5, 5.41) is 0. The fourth-order valence-electron chi connectivity index (χ4n) is 4.03. The highest BCUT2D eigenvalue weighted by Gasteiger charge is 2.33. The average molecular weight is 481 g/mol. The number of aryl methyl sites for hydroxylation is 1. The summed E-state index contributed by atoms with van der Waals surface area (Å²) in [7, 11) is 0. The summed E-state index contributed by atoms with van der Waals surface area (Å²) in [6.45, 7) is 6.94. The highest BCUT2D eigenvalue weighted by molar-refractivity contribution is 7.97. The van der Waals surface area contributed by atoms with Gasteiger partial charge in [0.15, 0.2) is 0 Å². The van der Waals surface area contributed by atoms with Gasteiger partial charge in [-0.05, 0) is 80.6 Å². The Bertz CT molecular complexity index is 1260. The van der Waals surface area contributed by atoms with E-state index in [2.05, 4.69) is 59.6 Å². The first-order valence-electron chi connectivity index (χ1n) is 12.1. The summed E-state index contributed by atoms with van der Waals surface area (Å²) >= 11 is 1.67. The number of benzene rings is 3. The Morgan fingerprint density at radius 2 is 1.49 bits per heavy atom. The Labute approximate surface area is 213 Å². The Morgan fingerprint density at radius 1 is 0.857 bits per heavy atom. The van der Waals surface area contributed by atoms with Crippen LogP contribution < -0.4 is 0 Å². The molecule has 3 nitrogen and oxygen atoms in total. The van der Waals surface area contributed by atoms with Gasteiger partial charge in [0.25, 0.3) is 5.91 Å². The Balaban J connectivity index is 0.000000672. The molecule has 0 bridgehead atoms. The molecule has 1 saturated heterocycles. The van der Waals surface area contributed by atoms with Crippen LogP contribution in [0.25, 0.3) is 11.1 Å². The Kier molecular flexibility index (Phi) is 8.27. The van der Waals surface area contributed by atoms with Crippen molar-refractivity contribution in [2.24, 2.45) is 0 Å². The van der Waals surface area contributed by atoms with Crippen molar-refractivity contribution in [1.82, 2.24) is 8.87 Å². The fourth-order valence-corrected chi connectivity index (χ4v) is 4.88. The monoisotopic (exact) mass is 480 g/mol. The van der Waals surface area contributed by atoms with Gasteiger partial charge in [-0.2, -0.15) is 0 Å². The number of amides is 1. The molecule has 1 aliphatic rings. The van der Waals surface area contributed by atoms with Crippen molar-refractivity contribution in [1.29, 1.82) is 0 Å². The standard InChI is InChI=1S/C27H24N2OS.C4H8/c1-20-18-24(21-8-4-2-5-9-21)19-29(20)31-25-14-12-23(13-15-25)27(30)28-17-16-26(28)22-10-6-3-7-11-22;1-3-4-2/h2-15,18-19,26H,16-17H2,1H3;3-4H,1-2H3/b;4-3-. The van der Waals surface area contributed by atoms with Crippen LogP contribution in [-0.4, -0.2) is 21.3 Å². The van der Waals surface area contributed by atoms with E-state index >= 15 is 0 Å². The third-order valence-electron chi connectivity index (χ3n) is 6.18. The van der Waals surface area contributed by atoms with Gasteiger partial charge >= 0.3 is 0 Å². The fraction of sp³-hybridized carbons (Fsp3) is 0.194. The number of carbonyl (C=O) groups excluding carboxylic acids is 1. The largest absolute Gasteiger partial charge is 0.331 e. The minimum atomic E-state index is 0.111. The van der Waals surface area contributed by atoms with Crippen molar-refractivity contribution in [3.8, 4) is 11.1 Å². The van der Waals surface area contributed by atoms with Gasteiger partial charge in [0.1, 0.15) is 0 Å². The summed E-state index contributed by atoms with van der Waals surface area (Å²) in [5.74, 6) is 0.111. The molecule has 3 aromatic carbocycles. The molecule has 178 valence electrons. The predicted molar refractivity (Wildman–Crippen MR) is 148 cm³/mol. The van der Waals surface area contributed by atoms with Gasteiger partial charge in [-0.15, -0.1) is 0 Å². The van der Waals surface area contributed by atoms with E-state index in [0.717, 1.165) is 23.4 Å². The molecular weight excluding hydrogens is 448 g/mol. The van der Waals surface area contributed by atoms with Crippen LogP contribution in [-0.2, 0) is 0 Å². The zero-order chi connectivity index (χ0) is 24.6. The van der Waals surface area contributed by atoms with Crippen LogP contribution in [0.4, 0.5) is 0 Å². The maximum absolute atomic E-state index is 13.0. The number of hydrogen-bond acceptors (Lipinski definition) is 2. The van der Waals surface area contributed by atoms with Crippen molar-refractivity contribution in [2.45, 2.75) is 38.1 Å². The number of rotatable bonds is 5. The summed E-state index contributed by atoms with van der Waals surface area (Å²) < 4.78 is 2.18. The van der Waals surface area contributed by atoms with Crippen LogP contribution in [0.2, 0.25) is 0 Å².